The van der Waals surface area contributed by atoms with Gasteiger partial charge in [-0.25, -0.2) is 4.98 Å². The lowest BCUT2D eigenvalue weighted by atomic mass is 9.99. The molecular weight excluding hydrogens is 438 g/mol. The Kier molecular flexibility index (Phi) is 7.75. The van der Waals surface area contributed by atoms with Crippen LogP contribution >= 0.6 is 11.8 Å². The third-order valence-corrected chi connectivity index (χ3v) is 6.40. The molecule has 0 aliphatic heterocycles. The molecule has 0 saturated carbocycles. The molecule has 1 N–H and O–H groups in total. The number of amides is 1. The maximum absolute atomic E-state index is 12.3. The van der Waals surface area contributed by atoms with Gasteiger partial charge < -0.3 is 5.32 Å². The summed E-state index contributed by atoms with van der Waals surface area (Å²) in [4.78, 5) is 17.2. The molecule has 1 heterocycles. The van der Waals surface area contributed by atoms with E-state index in [9.17, 15) is 10.1 Å². The average Bonchev–Trinajstić information content (AvgIpc) is 2.87. The summed E-state index contributed by atoms with van der Waals surface area (Å²) in [7, 11) is 0. The van der Waals surface area contributed by atoms with Crippen molar-refractivity contribution in [2.24, 2.45) is 0 Å². The van der Waals surface area contributed by atoms with Crippen LogP contribution in [0.25, 0.3) is 22.4 Å². The van der Waals surface area contributed by atoms with E-state index in [1.165, 1.54) is 11.8 Å². The highest BCUT2D eigenvalue weighted by Crippen LogP contribution is 2.34. The van der Waals surface area contributed by atoms with Gasteiger partial charge in [-0.3, -0.25) is 4.79 Å². The fourth-order valence-corrected chi connectivity index (χ4v) is 4.63. The number of pyridine rings is 1. The summed E-state index contributed by atoms with van der Waals surface area (Å²) in [5, 5.41) is 13.6. The van der Waals surface area contributed by atoms with Crippen LogP contribution < -0.4 is 5.32 Å². The van der Waals surface area contributed by atoms with Crippen molar-refractivity contribution < 1.29 is 4.79 Å². The number of nitriles is 1. The second-order valence-electron chi connectivity index (χ2n) is 7.95. The maximum atomic E-state index is 12.3. The van der Waals surface area contributed by atoms with Gasteiger partial charge in [0.25, 0.3) is 0 Å². The van der Waals surface area contributed by atoms with E-state index in [2.05, 4.69) is 11.4 Å². The minimum atomic E-state index is -0.0114. The van der Waals surface area contributed by atoms with Gasteiger partial charge in [-0.05, 0) is 42.7 Å². The average molecular weight is 464 g/mol. The standard InChI is InChI=1S/C29H25N3OS/c1-21-10-8-15-24(18-21)31-28(33)16-9-17-34-29-26(20-30)25(22-11-4-2-5-12-22)19-27(32-29)23-13-6-3-7-14-23/h2-8,10-15,18-19H,9,16-17H2,1H3,(H,31,33). The lowest BCUT2D eigenvalue weighted by Gasteiger charge is -2.12. The number of carbonyl (C=O) groups is 1. The van der Waals surface area contributed by atoms with Crippen LogP contribution in [0.2, 0.25) is 0 Å². The topological polar surface area (TPSA) is 65.8 Å². The SMILES string of the molecule is Cc1cccc(NC(=O)CCCSc2nc(-c3ccccc3)cc(-c3ccccc3)c2C#N)c1. The largest absolute Gasteiger partial charge is 0.326 e. The summed E-state index contributed by atoms with van der Waals surface area (Å²) in [6, 6.07) is 32.0. The summed E-state index contributed by atoms with van der Waals surface area (Å²) < 4.78 is 0. The van der Waals surface area contributed by atoms with E-state index in [-0.39, 0.29) is 5.91 Å². The molecule has 34 heavy (non-hydrogen) atoms. The van der Waals surface area contributed by atoms with Gasteiger partial charge in [0.15, 0.2) is 0 Å². The van der Waals surface area contributed by atoms with Crippen molar-refractivity contribution in [3.63, 3.8) is 0 Å². The maximum Gasteiger partial charge on any atom is 0.224 e. The van der Waals surface area contributed by atoms with Gasteiger partial charge in [0, 0.05) is 29.0 Å². The second-order valence-corrected chi connectivity index (χ2v) is 9.03. The third kappa shape index (κ3) is 5.92. The molecule has 0 radical (unpaired) electrons. The van der Waals surface area contributed by atoms with Crippen LogP contribution in [-0.2, 0) is 4.79 Å². The van der Waals surface area contributed by atoms with E-state index >= 15 is 0 Å². The molecule has 4 aromatic rings. The van der Waals surface area contributed by atoms with Gasteiger partial charge in [0.1, 0.15) is 11.1 Å². The third-order valence-electron chi connectivity index (χ3n) is 5.34. The Labute approximate surface area is 204 Å². The normalized spacial score (nSPS) is 10.5. The van der Waals surface area contributed by atoms with Gasteiger partial charge in [-0.2, -0.15) is 5.26 Å². The summed E-state index contributed by atoms with van der Waals surface area (Å²) in [6.45, 7) is 2.00. The molecule has 0 bridgehead atoms. The van der Waals surface area contributed by atoms with Crippen LogP contribution in [0.1, 0.15) is 24.0 Å². The molecule has 0 fully saturated rings. The van der Waals surface area contributed by atoms with Crippen molar-refractivity contribution >= 4 is 23.4 Å². The van der Waals surface area contributed by atoms with Gasteiger partial charge >= 0.3 is 0 Å². The molecular formula is C29H25N3OS. The lowest BCUT2D eigenvalue weighted by Crippen LogP contribution is -2.11. The molecule has 0 unspecified atom stereocenters. The van der Waals surface area contributed by atoms with Crippen molar-refractivity contribution in [2.45, 2.75) is 24.8 Å². The van der Waals surface area contributed by atoms with Gasteiger partial charge in [-0.1, -0.05) is 72.8 Å². The van der Waals surface area contributed by atoms with Crippen LogP contribution in [0.4, 0.5) is 5.69 Å². The number of nitrogens with one attached hydrogen (secondary N) is 1. The first-order valence-electron chi connectivity index (χ1n) is 11.2. The minimum Gasteiger partial charge on any atom is -0.326 e. The Hall–Kier alpha value is -3.88. The van der Waals surface area contributed by atoms with E-state index in [1.807, 2.05) is 97.9 Å². The lowest BCUT2D eigenvalue weighted by molar-refractivity contribution is -0.116. The van der Waals surface area contributed by atoms with E-state index in [1.54, 1.807) is 0 Å². The Morgan fingerprint density at radius 2 is 1.65 bits per heavy atom. The molecule has 4 nitrogen and oxygen atoms in total. The number of carbonyl (C=O) groups excluding carboxylic acids is 1. The summed E-state index contributed by atoms with van der Waals surface area (Å²) in [5.74, 6) is 0.678. The first kappa shape index (κ1) is 23.3. The second kappa shape index (κ2) is 11.3. The predicted octanol–water partition coefficient (Wildman–Crippen LogP) is 7.11. The summed E-state index contributed by atoms with van der Waals surface area (Å²) in [5.41, 5.74) is 6.18. The van der Waals surface area contributed by atoms with E-state index in [4.69, 9.17) is 4.98 Å². The fourth-order valence-electron chi connectivity index (χ4n) is 3.68. The van der Waals surface area contributed by atoms with Crippen molar-refractivity contribution in [3.05, 3.63) is 102 Å². The van der Waals surface area contributed by atoms with Crippen LogP contribution in [0, 0.1) is 18.3 Å². The van der Waals surface area contributed by atoms with Crippen molar-refractivity contribution in [3.8, 4) is 28.5 Å². The zero-order chi connectivity index (χ0) is 23.8. The number of hydrogen-bond donors (Lipinski definition) is 1. The monoisotopic (exact) mass is 463 g/mol. The Morgan fingerprint density at radius 1 is 0.941 bits per heavy atom. The van der Waals surface area contributed by atoms with Crippen molar-refractivity contribution in [2.75, 3.05) is 11.1 Å². The molecule has 0 saturated heterocycles. The predicted molar refractivity (Wildman–Crippen MR) is 140 cm³/mol. The first-order valence-corrected chi connectivity index (χ1v) is 12.2. The zero-order valence-electron chi connectivity index (χ0n) is 19.0. The highest BCUT2D eigenvalue weighted by atomic mass is 32.2. The highest BCUT2D eigenvalue weighted by molar-refractivity contribution is 7.99. The highest BCUT2D eigenvalue weighted by Gasteiger charge is 2.16. The Balaban J connectivity index is 1.51. The number of hydrogen-bond acceptors (Lipinski definition) is 4. The van der Waals surface area contributed by atoms with Crippen LogP contribution in [0.15, 0.2) is 96.0 Å². The number of thioether (sulfide) groups is 1. The molecule has 3 aromatic carbocycles. The molecule has 5 heteroatoms. The molecule has 4 rings (SSSR count). The Morgan fingerprint density at radius 3 is 2.32 bits per heavy atom. The van der Waals surface area contributed by atoms with E-state index < -0.39 is 0 Å². The summed E-state index contributed by atoms with van der Waals surface area (Å²) >= 11 is 1.53. The Bertz CT molecular complexity index is 1310. The van der Waals surface area contributed by atoms with Gasteiger partial charge in [0.05, 0.1) is 11.3 Å². The van der Waals surface area contributed by atoms with Gasteiger partial charge in [-0.15, -0.1) is 11.8 Å². The van der Waals surface area contributed by atoms with E-state index in [0.29, 0.717) is 29.2 Å². The smallest absolute Gasteiger partial charge is 0.224 e. The number of nitrogens with zero attached hydrogens (tertiary/aromatic N) is 2. The molecule has 0 atom stereocenters. The number of rotatable bonds is 8. The van der Waals surface area contributed by atoms with Crippen LogP contribution in [0.3, 0.4) is 0 Å². The van der Waals surface area contributed by atoms with E-state index in [0.717, 1.165) is 33.6 Å². The molecule has 168 valence electrons. The van der Waals surface area contributed by atoms with Gasteiger partial charge in [0.2, 0.25) is 5.91 Å². The quantitative estimate of drug-likeness (QED) is 0.223. The first-order chi connectivity index (χ1) is 16.6. The van der Waals surface area contributed by atoms with Crippen molar-refractivity contribution in [1.82, 2.24) is 4.98 Å². The van der Waals surface area contributed by atoms with Crippen molar-refractivity contribution in [1.29, 1.82) is 5.26 Å². The molecule has 0 spiro atoms. The number of anilines is 1. The minimum absolute atomic E-state index is 0.0114. The number of aryl methyl sites for hydroxylation is 1. The molecule has 0 aliphatic carbocycles. The molecule has 1 amide bonds. The van der Waals surface area contributed by atoms with Crippen LogP contribution in [0.5, 0.6) is 0 Å². The number of aromatic nitrogens is 1. The fraction of sp³-hybridized carbons (Fsp3) is 0.138. The van der Waals surface area contributed by atoms with Crippen LogP contribution in [-0.4, -0.2) is 16.6 Å². The summed E-state index contributed by atoms with van der Waals surface area (Å²) in [6.07, 6.45) is 1.10. The molecule has 1 aromatic heterocycles. The number of benzene rings is 3. The zero-order valence-corrected chi connectivity index (χ0v) is 19.8. The molecule has 0 aliphatic rings.